The Kier molecular flexibility index (Phi) is 4.05. The third kappa shape index (κ3) is 2.85. The van der Waals surface area contributed by atoms with Gasteiger partial charge in [0.1, 0.15) is 12.2 Å². The molecule has 110 valence electrons. The zero-order valence-corrected chi connectivity index (χ0v) is 13.4. The lowest BCUT2D eigenvalue weighted by Gasteiger charge is -2.34. The summed E-state index contributed by atoms with van der Waals surface area (Å²) in [5, 5.41) is 6.81. The molecule has 1 saturated heterocycles. The number of hydrogen-bond acceptors (Lipinski definition) is 3. The number of aromatic nitrogens is 3. The van der Waals surface area contributed by atoms with Gasteiger partial charge in [-0.3, -0.25) is 9.89 Å². The van der Waals surface area contributed by atoms with Crippen molar-refractivity contribution >= 4 is 21.8 Å². The summed E-state index contributed by atoms with van der Waals surface area (Å²) in [6.45, 7) is 2.77. The fourth-order valence-corrected chi connectivity index (χ4v) is 3.10. The molecule has 1 fully saturated rings. The van der Waals surface area contributed by atoms with Crippen molar-refractivity contribution in [2.24, 2.45) is 0 Å². The average Bonchev–Trinajstić information content (AvgIpc) is 3.03. The molecule has 1 aromatic carbocycles. The first kappa shape index (κ1) is 14.3. The van der Waals surface area contributed by atoms with Crippen LogP contribution in [-0.4, -0.2) is 32.5 Å². The molecule has 0 bridgehead atoms. The van der Waals surface area contributed by atoms with Crippen LogP contribution in [0.3, 0.4) is 0 Å². The summed E-state index contributed by atoms with van der Waals surface area (Å²) in [7, 11) is 0. The molecule has 3 rings (SSSR count). The predicted octanol–water partition coefficient (Wildman–Crippen LogP) is 3.24. The van der Waals surface area contributed by atoms with Crippen LogP contribution in [0.1, 0.15) is 47.1 Å². The van der Waals surface area contributed by atoms with Gasteiger partial charge in [-0.05, 0) is 43.9 Å². The van der Waals surface area contributed by atoms with Crippen molar-refractivity contribution < 1.29 is 4.79 Å². The van der Waals surface area contributed by atoms with E-state index in [4.69, 9.17) is 0 Å². The number of benzene rings is 1. The minimum atomic E-state index is -0.00571. The minimum Gasteiger partial charge on any atom is -0.328 e. The van der Waals surface area contributed by atoms with Gasteiger partial charge < -0.3 is 4.90 Å². The normalized spacial score (nSPS) is 18.8. The van der Waals surface area contributed by atoms with Gasteiger partial charge in [0.2, 0.25) is 0 Å². The van der Waals surface area contributed by atoms with Gasteiger partial charge in [0.05, 0.1) is 6.04 Å². The van der Waals surface area contributed by atoms with Crippen LogP contribution in [0.5, 0.6) is 0 Å². The maximum absolute atomic E-state index is 12.8. The molecule has 1 aliphatic heterocycles. The highest BCUT2D eigenvalue weighted by molar-refractivity contribution is 9.10. The number of carbonyl (C=O) groups excluding carboxylic acids is 1. The van der Waals surface area contributed by atoms with Crippen molar-refractivity contribution in [1.29, 1.82) is 0 Å². The number of piperidine rings is 1. The molecule has 1 amide bonds. The second-order valence-corrected chi connectivity index (χ2v) is 6.20. The van der Waals surface area contributed by atoms with E-state index >= 15 is 0 Å². The number of H-pyrrole nitrogens is 1. The van der Waals surface area contributed by atoms with E-state index < -0.39 is 0 Å². The standard InChI is InChI=1S/C15H17BrN4O/c1-10-5-6-11(8-12(10)16)15(21)20-7-3-2-4-13(20)14-17-9-18-19-14/h5-6,8-9,13H,2-4,7H2,1H3,(H,17,18,19)/t13-/m1/s1. The maximum Gasteiger partial charge on any atom is 0.254 e. The molecule has 1 aliphatic rings. The molecule has 0 saturated carbocycles. The first-order valence-corrected chi connectivity index (χ1v) is 7.88. The number of nitrogens with one attached hydrogen (secondary N) is 1. The second-order valence-electron chi connectivity index (χ2n) is 5.34. The predicted molar refractivity (Wildman–Crippen MR) is 82.9 cm³/mol. The van der Waals surface area contributed by atoms with Gasteiger partial charge >= 0.3 is 0 Å². The molecule has 1 atom stereocenters. The number of aromatic amines is 1. The van der Waals surface area contributed by atoms with Crippen LogP contribution in [0.4, 0.5) is 0 Å². The largest absolute Gasteiger partial charge is 0.328 e. The number of likely N-dealkylation sites (tertiary alicyclic amines) is 1. The number of nitrogens with zero attached hydrogens (tertiary/aromatic N) is 3. The molecule has 5 nitrogen and oxygen atoms in total. The molecule has 2 aromatic rings. The number of halogens is 1. The molecule has 0 radical (unpaired) electrons. The second kappa shape index (κ2) is 5.97. The van der Waals surface area contributed by atoms with Crippen molar-refractivity contribution in [2.45, 2.75) is 32.2 Å². The van der Waals surface area contributed by atoms with Gasteiger partial charge in [-0.2, -0.15) is 5.10 Å². The number of aryl methyl sites for hydroxylation is 1. The van der Waals surface area contributed by atoms with Crippen molar-refractivity contribution in [2.75, 3.05) is 6.54 Å². The summed E-state index contributed by atoms with van der Waals surface area (Å²) in [5.74, 6) is 0.825. The Morgan fingerprint density at radius 3 is 3.00 bits per heavy atom. The lowest BCUT2D eigenvalue weighted by Crippen LogP contribution is -2.39. The summed E-state index contributed by atoms with van der Waals surface area (Å²) in [5.41, 5.74) is 1.83. The topological polar surface area (TPSA) is 61.9 Å². The Morgan fingerprint density at radius 2 is 2.29 bits per heavy atom. The molecule has 0 unspecified atom stereocenters. The van der Waals surface area contributed by atoms with Crippen molar-refractivity contribution in [3.63, 3.8) is 0 Å². The molecular weight excluding hydrogens is 332 g/mol. The summed E-state index contributed by atoms with van der Waals surface area (Å²) >= 11 is 3.49. The number of amides is 1. The Balaban J connectivity index is 1.89. The maximum atomic E-state index is 12.8. The fraction of sp³-hybridized carbons (Fsp3) is 0.400. The van der Waals surface area contributed by atoms with Crippen LogP contribution >= 0.6 is 15.9 Å². The van der Waals surface area contributed by atoms with Gasteiger partial charge in [-0.1, -0.05) is 22.0 Å². The van der Waals surface area contributed by atoms with Crippen LogP contribution in [0, 0.1) is 6.92 Å². The number of hydrogen-bond donors (Lipinski definition) is 1. The highest BCUT2D eigenvalue weighted by Crippen LogP contribution is 2.30. The molecular formula is C15H17BrN4O. The van der Waals surface area contributed by atoms with E-state index in [9.17, 15) is 4.79 Å². The van der Waals surface area contributed by atoms with E-state index in [-0.39, 0.29) is 11.9 Å². The Labute approximate surface area is 131 Å². The molecule has 2 heterocycles. The molecule has 6 heteroatoms. The first-order valence-electron chi connectivity index (χ1n) is 7.09. The molecule has 0 aliphatic carbocycles. The third-order valence-electron chi connectivity index (χ3n) is 3.93. The zero-order chi connectivity index (χ0) is 14.8. The van der Waals surface area contributed by atoms with Gasteiger partial charge in [-0.15, -0.1) is 0 Å². The molecule has 0 spiro atoms. The Morgan fingerprint density at radius 1 is 1.43 bits per heavy atom. The highest BCUT2D eigenvalue weighted by atomic mass is 79.9. The average molecular weight is 349 g/mol. The van der Waals surface area contributed by atoms with Crippen molar-refractivity contribution in [3.05, 3.63) is 46.0 Å². The Hall–Kier alpha value is -1.69. The first-order chi connectivity index (χ1) is 10.2. The highest BCUT2D eigenvalue weighted by Gasteiger charge is 2.30. The lowest BCUT2D eigenvalue weighted by atomic mass is 10.00. The van der Waals surface area contributed by atoms with E-state index in [0.717, 1.165) is 41.7 Å². The molecule has 1 N–H and O–H groups in total. The quantitative estimate of drug-likeness (QED) is 0.905. The summed E-state index contributed by atoms with van der Waals surface area (Å²) < 4.78 is 0.960. The molecule has 21 heavy (non-hydrogen) atoms. The summed E-state index contributed by atoms with van der Waals surface area (Å²) in [6, 6.07) is 5.73. The SMILES string of the molecule is Cc1ccc(C(=O)N2CCCC[C@@H]2c2ncn[nH]2)cc1Br. The van der Waals surface area contributed by atoms with E-state index in [1.165, 1.54) is 6.33 Å². The lowest BCUT2D eigenvalue weighted by molar-refractivity contribution is 0.0600. The van der Waals surface area contributed by atoms with E-state index in [0.29, 0.717) is 5.56 Å². The fourth-order valence-electron chi connectivity index (χ4n) is 2.73. The smallest absolute Gasteiger partial charge is 0.254 e. The summed E-state index contributed by atoms with van der Waals surface area (Å²) in [6.07, 6.45) is 4.55. The van der Waals surface area contributed by atoms with E-state index in [1.807, 2.05) is 30.0 Å². The monoisotopic (exact) mass is 348 g/mol. The number of carbonyl (C=O) groups is 1. The van der Waals surface area contributed by atoms with Gasteiger partial charge in [0, 0.05) is 16.6 Å². The third-order valence-corrected chi connectivity index (χ3v) is 4.79. The van der Waals surface area contributed by atoms with Gasteiger partial charge in [0.25, 0.3) is 5.91 Å². The van der Waals surface area contributed by atoms with E-state index in [1.54, 1.807) is 0 Å². The van der Waals surface area contributed by atoms with Gasteiger partial charge in [0.15, 0.2) is 0 Å². The van der Waals surface area contributed by atoms with Crippen molar-refractivity contribution in [3.8, 4) is 0 Å². The zero-order valence-electron chi connectivity index (χ0n) is 11.8. The van der Waals surface area contributed by atoms with Crippen LogP contribution in [-0.2, 0) is 0 Å². The molecule has 1 aromatic heterocycles. The number of rotatable bonds is 2. The van der Waals surface area contributed by atoms with E-state index in [2.05, 4.69) is 31.1 Å². The van der Waals surface area contributed by atoms with Crippen LogP contribution in [0.2, 0.25) is 0 Å². The van der Waals surface area contributed by atoms with Gasteiger partial charge in [-0.25, -0.2) is 4.98 Å². The van der Waals surface area contributed by atoms with Crippen molar-refractivity contribution in [1.82, 2.24) is 20.1 Å². The van der Waals surface area contributed by atoms with Crippen LogP contribution in [0.25, 0.3) is 0 Å². The van der Waals surface area contributed by atoms with Crippen LogP contribution in [0.15, 0.2) is 29.0 Å². The Bertz CT molecular complexity index is 641. The van der Waals surface area contributed by atoms with Crippen LogP contribution < -0.4 is 0 Å². The minimum absolute atomic E-state index is 0.00571. The summed E-state index contributed by atoms with van der Waals surface area (Å²) in [4.78, 5) is 18.9.